The van der Waals surface area contributed by atoms with Crippen molar-refractivity contribution in [1.29, 1.82) is 0 Å². The van der Waals surface area contributed by atoms with E-state index in [-0.39, 0.29) is 5.41 Å². The van der Waals surface area contributed by atoms with Gasteiger partial charge in [0, 0.05) is 20.1 Å². The molecule has 1 aliphatic rings. The number of rotatable bonds is 9. The van der Waals surface area contributed by atoms with Gasteiger partial charge in [0.15, 0.2) is 0 Å². The molecule has 4 nitrogen and oxygen atoms in total. The fourth-order valence-electron chi connectivity index (χ4n) is 2.74. The third kappa shape index (κ3) is 5.01. The molecule has 0 fully saturated rings. The molecule has 0 aromatic rings. The van der Waals surface area contributed by atoms with Crippen molar-refractivity contribution in [2.75, 3.05) is 46.9 Å². The lowest BCUT2D eigenvalue weighted by molar-refractivity contribution is 0.0938. The summed E-state index contributed by atoms with van der Waals surface area (Å²) in [5.41, 5.74) is 2.05. The predicted molar refractivity (Wildman–Crippen MR) is 96.3 cm³/mol. The van der Waals surface area contributed by atoms with Gasteiger partial charge < -0.3 is 19.6 Å². The van der Waals surface area contributed by atoms with Crippen molar-refractivity contribution in [3.8, 4) is 0 Å². The zero-order valence-electron chi connectivity index (χ0n) is 15.0. The van der Waals surface area contributed by atoms with Gasteiger partial charge in [-0.3, -0.25) is 0 Å². The Morgan fingerprint density at radius 2 is 1.73 bits per heavy atom. The molecule has 1 atom stereocenters. The molecule has 1 N–H and O–H groups in total. The third-order valence-electron chi connectivity index (χ3n) is 3.96. The van der Waals surface area contributed by atoms with Crippen LogP contribution >= 0.6 is 12.2 Å². The Kier molecular flexibility index (Phi) is 7.46. The quantitative estimate of drug-likeness (QED) is 0.519. The van der Waals surface area contributed by atoms with Gasteiger partial charge in [-0.25, -0.2) is 0 Å². The molecule has 1 rings (SSSR count). The minimum Gasteiger partial charge on any atom is -0.381 e. The highest BCUT2D eigenvalue weighted by molar-refractivity contribution is 7.81. The van der Waals surface area contributed by atoms with Crippen LogP contribution in [0.2, 0.25) is 0 Å². The zero-order chi connectivity index (χ0) is 16.9. The smallest absolute Gasteiger partial charge is 0.129 e. The molecule has 0 saturated carbocycles. The van der Waals surface area contributed by atoms with Crippen LogP contribution < -0.4 is 0 Å². The molecule has 128 valence electrons. The largest absolute Gasteiger partial charge is 0.381 e. The van der Waals surface area contributed by atoms with Crippen molar-refractivity contribution in [3.63, 3.8) is 0 Å². The molecule has 0 aromatic carbocycles. The van der Waals surface area contributed by atoms with E-state index in [4.69, 9.17) is 17.0 Å². The fraction of sp³-hybridized carbons (Fsp3) is 0.824. The van der Waals surface area contributed by atoms with Crippen LogP contribution in [0.15, 0.2) is 11.3 Å². The molecule has 1 unspecified atom stereocenters. The third-order valence-corrected chi connectivity index (χ3v) is 4.39. The summed E-state index contributed by atoms with van der Waals surface area (Å²) >= 11 is 5.31. The number of thiocarbonyl (C=S) groups is 1. The summed E-state index contributed by atoms with van der Waals surface area (Å²) in [6.07, 6.45) is 0.575. The second kappa shape index (κ2) is 8.39. The van der Waals surface area contributed by atoms with E-state index in [2.05, 4.69) is 44.5 Å². The van der Waals surface area contributed by atoms with E-state index in [1.807, 2.05) is 7.05 Å². The van der Waals surface area contributed by atoms with Crippen LogP contribution in [-0.4, -0.2) is 72.8 Å². The van der Waals surface area contributed by atoms with Crippen molar-refractivity contribution in [3.05, 3.63) is 11.3 Å². The van der Waals surface area contributed by atoms with Gasteiger partial charge in [-0.1, -0.05) is 39.9 Å². The van der Waals surface area contributed by atoms with Crippen LogP contribution in [0.3, 0.4) is 0 Å². The Morgan fingerprint density at radius 3 is 2.27 bits per heavy atom. The van der Waals surface area contributed by atoms with Gasteiger partial charge >= 0.3 is 0 Å². The Labute approximate surface area is 141 Å². The Morgan fingerprint density at radius 1 is 1.14 bits per heavy atom. The normalized spacial score (nSPS) is 18.9. The molecule has 0 aliphatic heterocycles. The second-order valence-corrected chi connectivity index (χ2v) is 7.55. The van der Waals surface area contributed by atoms with Crippen LogP contribution in [0.5, 0.6) is 0 Å². The van der Waals surface area contributed by atoms with E-state index < -0.39 is 6.10 Å². The number of aliphatic hydroxyl groups is 1. The molecule has 0 saturated heterocycles. The lowest BCUT2D eigenvalue weighted by Crippen LogP contribution is -2.47. The van der Waals surface area contributed by atoms with Gasteiger partial charge in [-0.05, 0) is 31.0 Å². The van der Waals surface area contributed by atoms with Gasteiger partial charge in [-0.2, -0.15) is 0 Å². The first-order chi connectivity index (χ1) is 10.2. The maximum absolute atomic E-state index is 10.1. The van der Waals surface area contributed by atoms with Crippen molar-refractivity contribution < 1.29 is 9.84 Å². The molecular formula is C17H32N2O2S. The summed E-state index contributed by atoms with van der Waals surface area (Å²) in [7, 11) is 4.11. The molecule has 0 bridgehead atoms. The summed E-state index contributed by atoms with van der Waals surface area (Å²) in [5.74, 6) is 0. The number of aliphatic hydroxyl groups excluding tert-OH is 1. The van der Waals surface area contributed by atoms with E-state index >= 15 is 0 Å². The summed E-state index contributed by atoms with van der Waals surface area (Å²) in [6.45, 7) is 12.8. The molecule has 0 aromatic heterocycles. The standard InChI is InChI=1S/C17H32N2O2S/c1-7-8-18(5)9-11-21-12-10-19(6)14-13(17(2,3)4)16(22)15(14)20/h15,20H,7-12H2,1-6H3. The molecule has 0 radical (unpaired) electrons. The van der Waals surface area contributed by atoms with Gasteiger partial charge in [0.05, 0.1) is 23.8 Å². The predicted octanol–water partition coefficient (Wildman–Crippen LogP) is 2.32. The van der Waals surface area contributed by atoms with Crippen LogP contribution in [0.1, 0.15) is 34.1 Å². The van der Waals surface area contributed by atoms with E-state index in [0.29, 0.717) is 11.5 Å². The molecule has 5 heteroatoms. The number of nitrogens with zero attached hydrogens (tertiary/aromatic N) is 2. The summed E-state index contributed by atoms with van der Waals surface area (Å²) in [5, 5.41) is 10.1. The minimum absolute atomic E-state index is 0.0242. The first kappa shape index (κ1) is 19.6. The van der Waals surface area contributed by atoms with Crippen molar-refractivity contribution in [1.82, 2.24) is 9.80 Å². The van der Waals surface area contributed by atoms with Crippen molar-refractivity contribution >= 4 is 17.1 Å². The topological polar surface area (TPSA) is 35.9 Å². The fourth-order valence-corrected chi connectivity index (χ4v) is 3.26. The average Bonchev–Trinajstić information content (AvgIpc) is 2.41. The molecule has 0 heterocycles. The highest BCUT2D eigenvalue weighted by atomic mass is 32.1. The van der Waals surface area contributed by atoms with Crippen LogP contribution in [0, 0.1) is 5.41 Å². The summed E-state index contributed by atoms with van der Waals surface area (Å²) < 4.78 is 5.70. The van der Waals surface area contributed by atoms with Crippen molar-refractivity contribution in [2.45, 2.75) is 40.2 Å². The summed E-state index contributed by atoms with van der Waals surface area (Å²) in [6, 6.07) is 0. The van der Waals surface area contributed by atoms with Gasteiger partial charge in [0.1, 0.15) is 6.10 Å². The van der Waals surface area contributed by atoms with Crippen LogP contribution in [0.4, 0.5) is 0 Å². The molecule has 22 heavy (non-hydrogen) atoms. The lowest BCUT2D eigenvalue weighted by Gasteiger charge is -2.42. The zero-order valence-corrected chi connectivity index (χ0v) is 15.8. The Hall–Kier alpha value is -0.490. The Bertz CT molecular complexity index is 415. The minimum atomic E-state index is -0.593. The molecular weight excluding hydrogens is 296 g/mol. The lowest BCUT2D eigenvalue weighted by atomic mass is 9.73. The monoisotopic (exact) mass is 328 g/mol. The van der Waals surface area contributed by atoms with Crippen LogP contribution in [0.25, 0.3) is 0 Å². The first-order valence-electron chi connectivity index (χ1n) is 8.14. The average molecular weight is 329 g/mol. The summed E-state index contributed by atoms with van der Waals surface area (Å²) in [4.78, 5) is 5.05. The van der Waals surface area contributed by atoms with Crippen molar-refractivity contribution in [2.24, 2.45) is 5.41 Å². The Balaban J connectivity index is 2.41. The number of hydrogen-bond donors (Lipinski definition) is 1. The van der Waals surface area contributed by atoms with Gasteiger partial charge in [-0.15, -0.1) is 0 Å². The van der Waals surface area contributed by atoms with Gasteiger partial charge in [0.2, 0.25) is 0 Å². The molecule has 0 amide bonds. The van der Waals surface area contributed by atoms with E-state index in [9.17, 15) is 5.11 Å². The highest BCUT2D eigenvalue weighted by Crippen LogP contribution is 2.40. The van der Waals surface area contributed by atoms with Gasteiger partial charge in [0.25, 0.3) is 0 Å². The van der Waals surface area contributed by atoms with E-state index in [1.165, 1.54) is 6.42 Å². The maximum atomic E-state index is 10.1. The molecule has 1 aliphatic carbocycles. The molecule has 0 spiro atoms. The SMILES string of the molecule is CCCN(C)CCOCCN(C)C1=C(C(C)(C)C)C(=S)C1O. The highest BCUT2D eigenvalue weighted by Gasteiger charge is 2.41. The van der Waals surface area contributed by atoms with E-state index in [0.717, 1.165) is 37.5 Å². The number of hydrogen-bond acceptors (Lipinski definition) is 5. The first-order valence-corrected chi connectivity index (χ1v) is 8.55. The van der Waals surface area contributed by atoms with Crippen LogP contribution in [-0.2, 0) is 4.74 Å². The number of ether oxygens (including phenoxy) is 1. The maximum Gasteiger partial charge on any atom is 0.129 e. The number of likely N-dealkylation sites (N-methyl/N-ethyl adjacent to an activating group) is 2. The van der Waals surface area contributed by atoms with E-state index in [1.54, 1.807) is 0 Å². The second-order valence-electron chi connectivity index (χ2n) is 7.11.